The molecule has 3 aromatic rings. The first-order valence-corrected chi connectivity index (χ1v) is 10.4. The first kappa shape index (κ1) is 20.7. The second kappa shape index (κ2) is 10.5. The molecule has 0 saturated carbocycles. The van der Waals surface area contributed by atoms with Crippen LogP contribution >= 0.6 is 11.8 Å². The lowest BCUT2D eigenvalue weighted by atomic mass is 10.2. The number of nitrogens with zero attached hydrogens (tertiary/aromatic N) is 2. The Bertz CT molecular complexity index is 940. The van der Waals surface area contributed by atoms with Crippen LogP contribution in [0.3, 0.4) is 0 Å². The number of carbonyl (C=O) groups is 2. The third-order valence-electron chi connectivity index (χ3n) is 4.26. The Morgan fingerprint density at radius 3 is 2.66 bits per heavy atom. The molecule has 0 fully saturated rings. The number of aromatic nitrogens is 2. The van der Waals surface area contributed by atoms with Gasteiger partial charge >= 0.3 is 0 Å². The van der Waals surface area contributed by atoms with Crippen molar-refractivity contribution in [2.75, 3.05) is 17.6 Å². The number of carbonyl (C=O) groups excluding carboxylic acids is 2. The number of benzene rings is 2. The highest BCUT2D eigenvalue weighted by molar-refractivity contribution is 8.00. The van der Waals surface area contributed by atoms with Crippen molar-refractivity contribution in [3.63, 3.8) is 0 Å². The standard InChI is InChI=1S/C22H24N4O2S/c1-17-7-9-18(10-8-17)25-21(27)15-29-20-6-3-2-5-19(20)22(28)24-11-4-13-26-14-12-23-16-26/h2-3,5-10,12,14,16H,4,11,13,15H2,1H3,(H,24,28)(H,25,27). The van der Waals surface area contributed by atoms with E-state index in [0.717, 1.165) is 29.1 Å². The Morgan fingerprint density at radius 1 is 1.10 bits per heavy atom. The first-order valence-electron chi connectivity index (χ1n) is 9.44. The maximum atomic E-state index is 12.6. The topological polar surface area (TPSA) is 76.0 Å². The van der Waals surface area contributed by atoms with Crippen LogP contribution < -0.4 is 10.6 Å². The summed E-state index contributed by atoms with van der Waals surface area (Å²) in [5.41, 5.74) is 2.50. The molecule has 0 radical (unpaired) electrons. The fourth-order valence-corrected chi connectivity index (χ4v) is 3.58. The molecule has 0 aliphatic heterocycles. The zero-order valence-corrected chi connectivity index (χ0v) is 17.1. The van der Waals surface area contributed by atoms with Crippen LogP contribution in [0, 0.1) is 6.92 Å². The molecule has 0 aliphatic carbocycles. The molecular formula is C22H24N4O2S. The number of hydrogen-bond acceptors (Lipinski definition) is 4. The highest BCUT2D eigenvalue weighted by Gasteiger charge is 2.12. The van der Waals surface area contributed by atoms with E-state index in [1.807, 2.05) is 60.2 Å². The van der Waals surface area contributed by atoms with Crippen LogP contribution in [0.25, 0.3) is 0 Å². The van der Waals surface area contributed by atoms with Gasteiger partial charge in [0.1, 0.15) is 0 Å². The Hall–Kier alpha value is -3.06. The molecule has 150 valence electrons. The highest BCUT2D eigenvalue weighted by Crippen LogP contribution is 2.23. The lowest BCUT2D eigenvalue weighted by Crippen LogP contribution is -2.25. The fourth-order valence-electron chi connectivity index (χ4n) is 2.74. The number of aryl methyl sites for hydroxylation is 2. The van der Waals surface area contributed by atoms with Crippen molar-refractivity contribution in [1.29, 1.82) is 0 Å². The van der Waals surface area contributed by atoms with Crippen LogP contribution in [-0.4, -0.2) is 33.7 Å². The van der Waals surface area contributed by atoms with Crippen molar-refractivity contribution < 1.29 is 9.59 Å². The van der Waals surface area contributed by atoms with Crippen molar-refractivity contribution in [3.8, 4) is 0 Å². The molecule has 2 aromatic carbocycles. The van der Waals surface area contributed by atoms with Crippen LogP contribution in [-0.2, 0) is 11.3 Å². The van der Waals surface area contributed by atoms with Gasteiger partial charge in [-0.05, 0) is 37.6 Å². The molecule has 1 heterocycles. The summed E-state index contributed by atoms with van der Waals surface area (Å²) in [6.45, 7) is 3.38. The molecule has 0 unspecified atom stereocenters. The van der Waals surface area contributed by atoms with Crippen LogP contribution in [0.2, 0.25) is 0 Å². The lowest BCUT2D eigenvalue weighted by Gasteiger charge is -2.10. The maximum Gasteiger partial charge on any atom is 0.252 e. The Kier molecular flexibility index (Phi) is 7.47. The third kappa shape index (κ3) is 6.50. The Labute approximate surface area is 174 Å². The van der Waals surface area contributed by atoms with Gasteiger partial charge in [0.2, 0.25) is 5.91 Å². The second-order valence-electron chi connectivity index (χ2n) is 6.61. The van der Waals surface area contributed by atoms with E-state index in [0.29, 0.717) is 12.1 Å². The quantitative estimate of drug-likeness (QED) is 0.418. The molecule has 0 atom stereocenters. The van der Waals surface area contributed by atoms with Gasteiger partial charge in [-0.1, -0.05) is 29.8 Å². The molecule has 1 aromatic heterocycles. The number of imidazole rings is 1. The van der Waals surface area contributed by atoms with Crippen LogP contribution in [0.15, 0.2) is 72.1 Å². The number of anilines is 1. The van der Waals surface area contributed by atoms with E-state index in [1.165, 1.54) is 11.8 Å². The molecule has 29 heavy (non-hydrogen) atoms. The summed E-state index contributed by atoms with van der Waals surface area (Å²) in [5, 5.41) is 5.82. The molecule has 0 saturated heterocycles. The molecule has 0 bridgehead atoms. The molecule has 7 heteroatoms. The average molecular weight is 409 g/mol. The summed E-state index contributed by atoms with van der Waals surface area (Å²) >= 11 is 1.36. The minimum absolute atomic E-state index is 0.102. The number of hydrogen-bond donors (Lipinski definition) is 2. The number of amides is 2. The molecule has 2 N–H and O–H groups in total. The van der Waals surface area contributed by atoms with Gasteiger partial charge in [0.25, 0.3) is 5.91 Å². The largest absolute Gasteiger partial charge is 0.352 e. The van der Waals surface area contributed by atoms with Crippen molar-refractivity contribution in [2.45, 2.75) is 24.8 Å². The summed E-state index contributed by atoms with van der Waals surface area (Å²) in [7, 11) is 0. The van der Waals surface area contributed by atoms with Gasteiger partial charge in [0.15, 0.2) is 0 Å². The summed E-state index contributed by atoms with van der Waals surface area (Å²) in [4.78, 5) is 29.6. The summed E-state index contributed by atoms with van der Waals surface area (Å²) in [5.74, 6) is 0.00536. The SMILES string of the molecule is Cc1ccc(NC(=O)CSc2ccccc2C(=O)NCCCn2ccnc2)cc1. The summed E-state index contributed by atoms with van der Waals surface area (Å²) < 4.78 is 1.97. The van der Waals surface area contributed by atoms with E-state index >= 15 is 0 Å². The van der Waals surface area contributed by atoms with Gasteiger partial charge in [0, 0.05) is 36.1 Å². The predicted molar refractivity (Wildman–Crippen MR) is 116 cm³/mol. The molecule has 2 amide bonds. The van der Waals surface area contributed by atoms with E-state index in [1.54, 1.807) is 18.6 Å². The smallest absolute Gasteiger partial charge is 0.252 e. The maximum absolute atomic E-state index is 12.6. The number of nitrogens with one attached hydrogen (secondary N) is 2. The molecule has 3 rings (SSSR count). The van der Waals surface area contributed by atoms with E-state index < -0.39 is 0 Å². The highest BCUT2D eigenvalue weighted by atomic mass is 32.2. The van der Waals surface area contributed by atoms with Crippen molar-refractivity contribution >= 4 is 29.3 Å². The zero-order chi connectivity index (χ0) is 20.5. The van der Waals surface area contributed by atoms with Crippen LogP contribution in [0.1, 0.15) is 22.3 Å². The Balaban J connectivity index is 1.49. The van der Waals surface area contributed by atoms with E-state index in [9.17, 15) is 9.59 Å². The van der Waals surface area contributed by atoms with Gasteiger partial charge in [-0.15, -0.1) is 11.8 Å². The minimum Gasteiger partial charge on any atom is -0.352 e. The third-order valence-corrected chi connectivity index (χ3v) is 5.34. The van der Waals surface area contributed by atoms with Gasteiger partial charge < -0.3 is 15.2 Å². The van der Waals surface area contributed by atoms with E-state index in [-0.39, 0.29) is 17.6 Å². The summed E-state index contributed by atoms with van der Waals surface area (Å²) in [6, 6.07) is 15.0. The van der Waals surface area contributed by atoms with Crippen LogP contribution in [0.4, 0.5) is 5.69 Å². The number of thioether (sulfide) groups is 1. The summed E-state index contributed by atoms with van der Waals surface area (Å²) in [6.07, 6.45) is 6.21. The molecule has 0 aliphatic rings. The predicted octanol–water partition coefficient (Wildman–Crippen LogP) is 3.74. The van der Waals surface area contributed by atoms with Gasteiger partial charge in [0.05, 0.1) is 17.6 Å². The monoisotopic (exact) mass is 408 g/mol. The van der Waals surface area contributed by atoms with Crippen molar-refractivity contribution in [3.05, 3.63) is 78.4 Å². The van der Waals surface area contributed by atoms with Gasteiger partial charge in [-0.2, -0.15) is 0 Å². The second-order valence-corrected chi connectivity index (χ2v) is 7.63. The lowest BCUT2D eigenvalue weighted by molar-refractivity contribution is -0.113. The van der Waals surface area contributed by atoms with Crippen molar-refractivity contribution in [1.82, 2.24) is 14.9 Å². The van der Waals surface area contributed by atoms with E-state index in [4.69, 9.17) is 0 Å². The fraction of sp³-hybridized carbons (Fsp3) is 0.227. The van der Waals surface area contributed by atoms with Gasteiger partial charge in [-0.3, -0.25) is 9.59 Å². The normalized spacial score (nSPS) is 10.5. The minimum atomic E-state index is -0.127. The molecule has 0 spiro atoms. The van der Waals surface area contributed by atoms with Gasteiger partial charge in [-0.25, -0.2) is 4.98 Å². The Morgan fingerprint density at radius 2 is 1.90 bits per heavy atom. The van der Waals surface area contributed by atoms with Crippen LogP contribution in [0.5, 0.6) is 0 Å². The molecular weight excluding hydrogens is 384 g/mol. The zero-order valence-electron chi connectivity index (χ0n) is 16.3. The first-order chi connectivity index (χ1) is 14.1. The molecule has 6 nitrogen and oxygen atoms in total. The number of rotatable bonds is 9. The van der Waals surface area contributed by atoms with E-state index in [2.05, 4.69) is 15.6 Å². The average Bonchev–Trinajstić information content (AvgIpc) is 3.25. The van der Waals surface area contributed by atoms with Crippen molar-refractivity contribution in [2.24, 2.45) is 0 Å².